The Kier molecular flexibility index (Phi) is 6.56. The van der Waals surface area contributed by atoms with Crippen LogP contribution >= 0.6 is 0 Å². The highest BCUT2D eigenvalue weighted by atomic mass is 19.1. The van der Waals surface area contributed by atoms with E-state index in [0.717, 1.165) is 60.1 Å². The molecule has 0 saturated carbocycles. The molecule has 9 heteroatoms. The molecular formula is C25H32FN7O. The van der Waals surface area contributed by atoms with E-state index in [1.165, 1.54) is 0 Å². The number of carbonyl (C=O) groups excluding carboxylic acids is 1. The molecule has 5 rings (SSSR count). The molecular weight excluding hydrogens is 433 g/mol. The Morgan fingerprint density at radius 1 is 1.21 bits per heavy atom. The van der Waals surface area contributed by atoms with Crippen molar-refractivity contribution in [1.29, 1.82) is 0 Å². The summed E-state index contributed by atoms with van der Waals surface area (Å²) in [6, 6.07) is 8.77. The summed E-state index contributed by atoms with van der Waals surface area (Å²) in [5.74, 6) is 0.399. The van der Waals surface area contributed by atoms with Gasteiger partial charge in [0, 0.05) is 42.7 Å². The molecule has 2 unspecified atom stereocenters. The predicted octanol–water partition coefficient (Wildman–Crippen LogP) is 3.48. The van der Waals surface area contributed by atoms with Crippen LogP contribution in [0.15, 0.2) is 30.5 Å². The van der Waals surface area contributed by atoms with Gasteiger partial charge in [-0.1, -0.05) is 13.0 Å². The summed E-state index contributed by atoms with van der Waals surface area (Å²) in [5.41, 5.74) is 3.93. The van der Waals surface area contributed by atoms with Crippen LogP contribution in [0.1, 0.15) is 38.8 Å². The zero-order chi connectivity index (χ0) is 23.7. The predicted molar refractivity (Wildman–Crippen MR) is 130 cm³/mol. The van der Waals surface area contributed by atoms with E-state index in [1.807, 2.05) is 29.1 Å². The lowest BCUT2D eigenvalue weighted by Gasteiger charge is -2.27. The van der Waals surface area contributed by atoms with E-state index in [9.17, 15) is 9.18 Å². The molecule has 0 bridgehead atoms. The van der Waals surface area contributed by atoms with Gasteiger partial charge in [-0.25, -0.2) is 4.39 Å². The largest absolute Gasteiger partial charge is 0.308 e. The Hall–Kier alpha value is -2.91. The molecule has 2 aliphatic heterocycles. The molecule has 3 aromatic rings. The number of rotatable bonds is 7. The molecule has 4 heterocycles. The summed E-state index contributed by atoms with van der Waals surface area (Å²) in [4.78, 5) is 17.2. The Morgan fingerprint density at radius 3 is 2.91 bits per heavy atom. The lowest BCUT2D eigenvalue weighted by atomic mass is 10.0. The first-order valence-electron chi connectivity index (χ1n) is 12.2. The van der Waals surface area contributed by atoms with Crippen molar-refractivity contribution in [3.63, 3.8) is 0 Å². The maximum absolute atomic E-state index is 12.9. The monoisotopic (exact) mass is 465 g/mol. The molecule has 0 aliphatic carbocycles. The molecule has 1 aromatic carbocycles. The van der Waals surface area contributed by atoms with E-state index in [-0.39, 0.29) is 12.6 Å². The molecule has 1 fully saturated rings. The number of aromatic nitrogens is 4. The van der Waals surface area contributed by atoms with Crippen LogP contribution in [0, 0.1) is 0 Å². The first-order valence-corrected chi connectivity index (χ1v) is 12.2. The average Bonchev–Trinajstić information content (AvgIpc) is 3.41. The van der Waals surface area contributed by atoms with Gasteiger partial charge in [-0.15, -0.1) is 10.2 Å². The third kappa shape index (κ3) is 4.54. The number of benzene rings is 1. The van der Waals surface area contributed by atoms with Crippen LogP contribution in [0.4, 0.5) is 10.2 Å². The normalized spacial score (nSPS) is 21.1. The fourth-order valence-corrected chi connectivity index (χ4v) is 5.32. The van der Waals surface area contributed by atoms with Gasteiger partial charge in [0.1, 0.15) is 6.67 Å². The summed E-state index contributed by atoms with van der Waals surface area (Å²) in [6.45, 7) is 7.09. The third-order valence-corrected chi connectivity index (χ3v) is 7.26. The van der Waals surface area contributed by atoms with Gasteiger partial charge >= 0.3 is 0 Å². The second-order valence-corrected chi connectivity index (χ2v) is 9.41. The maximum atomic E-state index is 12.9. The van der Waals surface area contributed by atoms with Crippen molar-refractivity contribution in [3.05, 3.63) is 36.2 Å². The Balaban J connectivity index is 1.35. The number of hydrogen-bond acceptors (Lipinski definition) is 6. The summed E-state index contributed by atoms with van der Waals surface area (Å²) in [7, 11) is 0. The molecule has 34 heavy (non-hydrogen) atoms. The van der Waals surface area contributed by atoms with E-state index >= 15 is 0 Å². The number of halogens is 1. The van der Waals surface area contributed by atoms with Crippen LogP contribution in [0.2, 0.25) is 0 Å². The lowest BCUT2D eigenvalue weighted by molar-refractivity contribution is -0.118. The quantitative estimate of drug-likeness (QED) is 0.576. The van der Waals surface area contributed by atoms with Crippen molar-refractivity contribution in [2.24, 2.45) is 0 Å². The Morgan fingerprint density at radius 2 is 2.09 bits per heavy atom. The summed E-state index contributed by atoms with van der Waals surface area (Å²) in [5, 5.41) is 16.9. The fourth-order valence-electron chi connectivity index (χ4n) is 5.32. The standard InChI is InChI=1S/C25H32FN7O/c1-3-20-6-4-17(2)32(20)16-25(34)28-24-13-19-12-18(5-7-22(19)29-30-24)21-14-27-33-11-10-31(9-8-26)15-23(21)33/h5,7,12-14,17,20H,3-4,6,8-11,15-16H2,1-2H3,(H,28,30,34). The number of likely N-dealkylation sites (tertiary alicyclic amines) is 1. The summed E-state index contributed by atoms with van der Waals surface area (Å²) in [6.07, 6.45) is 5.22. The van der Waals surface area contributed by atoms with Gasteiger partial charge in [0.15, 0.2) is 5.82 Å². The highest BCUT2D eigenvalue weighted by Gasteiger charge is 2.30. The van der Waals surface area contributed by atoms with Crippen molar-refractivity contribution in [2.75, 3.05) is 31.6 Å². The summed E-state index contributed by atoms with van der Waals surface area (Å²) < 4.78 is 14.9. The number of alkyl halides is 1. The first kappa shape index (κ1) is 22.9. The lowest BCUT2D eigenvalue weighted by Crippen LogP contribution is -2.40. The van der Waals surface area contributed by atoms with E-state index in [0.29, 0.717) is 37.5 Å². The van der Waals surface area contributed by atoms with Gasteiger partial charge in [-0.05, 0) is 49.9 Å². The minimum atomic E-state index is -0.345. The van der Waals surface area contributed by atoms with Crippen LogP contribution in [0.5, 0.6) is 0 Å². The fraction of sp³-hybridized carbons (Fsp3) is 0.520. The molecule has 1 saturated heterocycles. The number of fused-ring (bicyclic) bond motifs is 2. The zero-order valence-corrected chi connectivity index (χ0v) is 19.9. The number of nitrogens with one attached hydrogen (secondary N) is 1. The van der Waals surface area contributed by atoms with Crippen molar-refractivity contribution >= 4 is 22.6 Å². The molecule has 2 atom stereocenters. The number of anilines is 1. The molecule has 2 aromatic heterocycles. The minimum absolute atomic E-state index is 0.0596. The molecule has 1 N–H and O–H groups in total. The van der Waals surface area contributed by atoms with E-state index < -0.39 is 0 Å². The molecule has 0 spiro atoms. The van der Waals surface area contributed by atoms with Crippen molar-refractivity contribution in [3.8, 4) is 11.1 Å². The Labute approximate surface area is 199 Å². The molecule has 180 valence electrons. The van der Waals surface area contributed by atoms with E-state index in [2.05, 4.69) is 50.3 Å². The van der Waals surface area contributed by atoms with Crippen LogP contribution in [-0.2, 0) is 17.9 Å². The smallest absolute Gasteiger partial charge is 0.239 e. The van der Waals surface area contributed by atoms with Gasteiger partial charge in [0.05, 0.1) is 30.5 Å². The molecule has 0 radical (unpaired) electrons. The topological polar surface area (TPSA) is 79.2 Å². The molecule has 1 amide bonds. The third-order valence-electron chi connectivity index (χ3n) is 7.26. The maximum Gasteiger partial charge on any atom is 0.239 e. The highest BCUT2D eigenvalue weighted by molar-refractivity contribution is 5.94. The molecule has 8 nitrogen and oxygen atoms in total. The van der Waals surface area contributed by atoms with Crippen LogP contribution in [0.3, 0.4) is 0 Å². The zero-order valence-electron chi connectivity index (χ0n) is 19.9. The number of carbonyl (C=O) groups is 1. The van der Waals surface area contributed by atoms with Crippen molar-refractivity contribution in [1.82, 2.24) is 29.8 Å². The SMILES string of the molecule is CCC1CCC(C)N1CC(=O)Nc1cc2cc(-c3cnn4c3CN(CCF)CC4)ccc2nn1. The van der Waals surface area contributed by atoms with Gasteiger partial charge < -0.3 is 5.32 Å². The van der Waals surface area contributed by atoms with Gasteiger partial charge in [-0.2, -0.15) is 5.10 Å². The minimum Gasteiger partial charge on any atom is -0.308 e. The van der Waals surface area contributed by atoms with E-state index in [4.69, 9.17) is 0 Å². The summed E-state index contributed by atoms with van der Waals surface area (Å²) >= 11 is 0. The van der Waals surface area contributed by atoms with Gasteiger partial charge in [0.25, 0.3) is 0 Å². The first-order chi connectivity index (χ1) is 16.6. The Bertz CT molecular complexity index is 1180. The van der Waals surface area contributed by atoms with Crippen molar-refractivity contribution in [2.45, 2.75) is 58.3 Å². The second-order valence-electron chi connectivity index (χ2n) is 9.41. The highest BCUT2D eigenvalue weighted by Crippen LogP contribution is 2.30. The van der Waals surface area contributed by atoms with Crippen LogP contribution in [0.25, 0.3) is 22.0 Å². The average molecular weight is 466 g/mol. The number of hydrogen-bond donors (Lipinski definition) is 1. The second kappa shape index (κ2) is 9.76. The number of amides is 1. The van der Waals surface area contributed by atoms with E-state index in [1.54, 1.807) is 0 Å². The number of nitrogens with zero attached hydrogens (tertiary/aromatic N) is 6. The molecule has 2 aliphatic rings. The van der Waals surface area contributed by atoms with Gasteiger partial charge in [-0.3, -0.25) is 19.3 Å². The van der Waals surface area contributed by atoms with Gasteiger partial charge in [0.2, 0.25) is 5.91 Å². The van der Waals surface area contributed by atoms with Crippen molar-refractivity contribution < 1.29 is 9.18 Å². The van der Waals surface area contributed by atoms with Crippen LogP contribution in [-0.4, -0.2) is 74.1 Å². The van der Waals surface area contributed by atoms with Crippen LogP contribution < -0.4 is 5.32 Å².